The summed E-state index contributed by atoms with van der Waals surface area (Å²) in [5, 5.41) is 0.428. The zero-order valence-corrected chi connectivity index (χ0v) is 17.5. The minimum Gasteiger partial charge on any atom is -0.468 e. The summed E-state index contributed by atoms with van der Waals surface area (Å²) >= 11 is 5.88. The Labute approximate surface area is 182 Å². The van der Waals surface area contributed by atoms with E-state index in [4.69, 9.17) is 16.0 Å². The van der Waals surface area contributed by atoms with Gasteiger partial charge in [-0.1, -0.05) is 11.6 Å². The summed E-state index contributed by atoms with van der Waals surface area (Å²) < 4.78 is 46.2. The number of imide groups is 1. The average molecular weight is 463 g/mol. The Morgan fingerprint density at radius 3 is 2.35 bits per heavy atom. The van der Waals surface area contributed by atoms with E-state index >= 15 is 0 Å². The highest BCUT2D eigenvalue weighted by atomic mass is 35.5. The fourth-order valence-electron chi connectivity index (χ4n) is 3.36. The fraction of sp³-hybridized carbons (Fsp3) is 0.143. The molecular formula is C21H16ClFN2O5S. The van der Waals surface area contributed by atoms with Crippen LogP contribution in [0.3, 0.4) is 0 Å². The van der Waals surface area contributed by atoms with Gasteiger partial charge < -0.3 is 4.42 Å². The first-order valence-corrected chi connectivity index (χ1v) is 11.0. The number of hydrogen-bond acceptors (Lipinski definition) is 5. The summed E-state index contributed by atoms with van der Waals surface area (Å²) in [6, 6.07) is 12.2. The van der Waals surface area contributed by atoms with Crippen molar-refractivity contribution >= 4 is 39.1 Å². The van der Waals surface area contributed by atoms with Gasteiger partial charge in [-0.05, 0) is 60.7 Å². The van der Waals surface area contributed by atoms with Gasteiger partial charge in [0.2, 0.25) is 15.9 Å². The van der Waals surface area contributed by atoms with E-state index in [2.05, 4.69) is 0 Å². The lowest BCUT2D eigenvalue weighted by Gasteiger charge is -2.26. The predicted molar refractivity (Wildman–Crippen MR) is 110 cm³/mol. The van der Waals surface area contributed by atoms with Gasteiger partial charge in [-0.2, -0.15) is 4.31 Å². The normalized spacial score (nSPS) is 17.0. The molecular weight excluding hydrogens is 447 g/mol. The number of carbonyl (C=O) groups excluding carboxylic acids is 2. The number of benzene rings is 2. The second-order valence-corrected chi connectivity index (χ2v) is 9.17. The Morgan fingerprint density at radius 1 is 1.06 bits per heavy atom. The van der Waals surface area contributed by atoms with E-state index in [9.17, 15) is 22.4 Å². The van der Waals surface area contributed by atoms with Crippen LogP contribution in [0.2, 0.25) is 5.02 Å². The van der Waals surface area contributed by atoms with Gasteiger partial charge in [0.15, 0.2) is 0 Å². The van der Waals surface area contributed by atoms with Crippen LogP contribution in [-0.2, 0) is 26.2 Å². The van der Waals surface area contributed by atoms with Crippen molar-refractivity contribution in [3.05, 3.63) is 83.5 Å². The van der Waals surface area contributed by atoms with Gasteiger partial charge in [0.1, 0.15) is 17.6 Å². The lowest BCUT2D eigenvalue weighted by Crippen LogP contribution is -2.45. The molecule has 0 aliphatic carbocycles. The predicted octanol–water partition coefficient (Wildman–Crippen LogP) is 3.60. The molecule has 1 atom stereocenters. The van der Waals surface area contributed by atoms with E-state index < -0.39 is 33.7 Å². The third-order valence-corrected chi connectivity index (χ3v) is 6.99. The fourth-order valence-corrected chi connectivity index (χ4v) is 5.04. The molecule has 0 N–H and O–H groups in total. The number of furan rings is 1. The molecule has 0 bridgehead atoms. The topological polar surface area (TPSA) is 87.9 Å². The van der Waals surface area contributed by atoms with Crippen molar-refractivity contribution in [3.8, 4) is 0 Å². The molecule has 3 aromatic rings. The molecule has 160 valence electrons. The van der Waals surface area contributed by atoms with Crippen LogP contribution >= 0.6 is 11.6 Å². The average Bonchev–Trinajstić information content (AvgIpc) is 3.35. The molecule has 10 heteroatoms. The molecule has 4 rings (SSSR count). The number of rotatable bonds is 6. The molecule has 2 aromatic carbocycles. The highest BCUT2D eigenvalue weighted by molar-refractivity contribution is 7.89. The van der Waals surface area contributed by atoms with Crippen molar-refractivity contribution in [3.63, 3.8) is 0 Å². The summed E-state index contributed by atoms with van der Waals surface area (Å²) in [4.78, 5) is 26.6. The maximum atomic E-state index is 13.4. The van der Waals surface area contributed by atoms with E-state index in [0.717, 1.165) is 33.5 Å². The highest BCUT2D eigenvalue weighted by Crippen LogP contribution is 2.31. The monoisotopic (exact) mass is 462 g/mol. The van der Waals surface area contributed by atoms with E-state index in [-0.39, 0.29) is 23.6 Å². The lowest BCUT2D eigenvalue weighted by atomic mass is 10.2. The van der Waals surface area contributed by atoms with Crippen LogP contribution in [0.1, 0.15) is 12.2 Å². The molecule has 0 radical (unpaired) electrons. The molecule has 1 aliphatic heterocycles. The van der Waals surface area contributed by atoms with Crippen molar-refractivity contribution in [2.45, 2.75) is 23.9 Å². The number of carbonyl (C=O) groups is 2. The van der Waals surface area contributed by atoms with Crippen LogP contribution in [0.25, 0.3) is 0 Å². The molecule has 1 aliphatic rings. The molecule has 2 heterocycles. The number of hydrogen-bond donors (Lipinski definition) is 0. The minimum atomic E-state index is -4.26. The molecule has 1 saturated heterocycles. The smallest absolute Gasteiger partial charge is 0.252 e. The summed E-state index contributed by atoms with van der Waals surface area (Å²) in [6.07, 6.45) is 1.03. The van der Waals surface area contributed by atoms with Crippen molar-refractivity contribution in [1.82, 2.24) is 4.31 Å². The van der Waals surface area contributed by atoms with E-state index in [1.807, 2.05) is 0 Å². The van der Waals surface area contributed by atoms with Crippen molar-refractivity contribution in [2.24, 2.45) is 0 Å². The molecule has 1 unspecified atom stereocenters. The zero-order chi connectivity index (χ0) is 22.2. The molecule has 7 nitrogen and oxygen atoms in total. The van der Waals surface area contributed by atoms with Gasteiger partial charge in [0.25, 0.3) is 5.91 Å². The zero-order valence-electron chi connectivity index (χ0n) is 15.9. The standard InChI is InChI=1S/C21H16ClFN2O5S/c22-14-3-7-16(8-4-14)25-20(26)12-19(21(25)27)24(13-17-2-1-11-30-17)31(28,29)18-9-5-15(23)6-10-18/h1-11,19H,12-13H2. The maximum absolute atomic E-state index is 13.4. The molecule has 31 heavy (non-hydrogen) atoms. The van der Waals surface area contributed by atoms with Crippen LogP contribution in [0.5, 0.6) is 0 Å². The molecule has 0 spiro atoms. The van der Waals surface area contributed by atoms with Crippen LogP contribution in [0.4, 0.5) is 10.1 Å². The van der Waals surface area contributed by atoms with Gasteiger partial charge in [-0.25, -0.2) is 17.7 Å². The van der Waals surface area contributed by atoms with Crippen molar-refractivity contribution in [1.29, 1.82) is 0 Å². The lowest BCUT2D eigenvalue weighted by molar-refractivity contribution is -0.122. The van der Waals surface area contributed by atoms with E-state index in [0.29, 0.717) is 10.7 Å². The number of amides is 2. The summed E-state index contributed by atoms with van der Waals surface area (Å²) in [6.45, 7) is -0.273. The van der Waals surface area contributed by atoms with Crippen LogP contribution in [0.15, 0.2) is 76.2 Å². The van der Waals surface area contributed by atoms with Crippen molar-refractivity contribution in [2.75, 3.05) is 4.90 Å². The quantitative estimate of drug-likeness (QED) is 0.522. The van der Waals surface area contributed by atoms with Crippen LogP contribution in [0, 0.1) is 5.82 Å². The second-order valence-electron chi connectivity index (χ2n) is 6.85. The largest absolute Gasteiger partial charge is 0.468 e. The first-order chi connectivity index (χ1) is 14.8. The second kappa shape index (κ2) is 8.26. The van der Waals surface area contributed by atoms with E-state index in [1.165, 1.54) is 30.5 Å². The third kappa shape index (κ3) is 4.12. The van der Waals surface area contributed by atoms with Gasteiger partial charge >= 0.3 is 0 Å². The third-order valence-electron chi connectivity index (χ3n) is 4.87. The summed E-state index contributed by atoms with van der Waals surface area (Å²) in [5.74, 6) is -1.55. The van der Waals surface area contributed by atoms with Crippen LogP contribution < -0.4 is 4.90 Å². The molecule has 1 aromatic heterocycles. The molecule has 1 fully saturated rings. The maximum Gasteiger partial charge on any atom is 0.252 e. The van der Waals surface area contributed by atoms with Crippen molar-refractivity contribution < 1.29 is 26.8 Å². The summed E-state index contributed by atoms with van der Waals surface area (Å²) in [5.41, 5.74) is 0.291. The first-order valence-electron chi connectivity index (χ1n) is 9.19. The number of nitrogens with zero attached hydrogens (tertiary/aromatic N) is 2. The highest BCUT2D eigenvalue weighted by Gasteiger charge is 2.47. The Kier molecular flexibility index (Phi) is 5.65. The molecule has 0 saturated carbocycles. The Morgan fingerprint density at radius 2 is 1.74 bits per heavy atom. The van der Waals surface area contributed by atoms with Gasteiger partial charge in [0.05, 0.1) is 29.8 Å². The Balaban J connectivity index is 1.73. The Hall–Kier alpha value is -3.01. The van der Waals surface area contributed by atoms with Gasteiger partial charge in [0, 0.05) is 5.02 Å². The minimum absolute atomic E-state index is 0.203. The summed E-state index contributed by atoms with van der Waals surface area (Å²) in [7, 11) is -4.26. The number of sulfonamides is 1. The Bertz CT molecular complexity index is 1210. The number of halogens is 2. The molecule has 2 amide bonds. The SMILES string of the molecule is O=C1CC(N(Cc2ccco2)S(=O)(=O)c2ccc(F)cc2)C(=O)N1c1ccc(Cl)cc1. The first kappa shape index (κ1) is 21.2. The van der Waals surface area contributed by atoms with Gasteiger partial charge in [-0.3, -0.25) is 9.59 Å². The van der Waals surface area contributed by atoms with Crippen LogP contribution in [-0.4, -0.2) is 30.6 Å². The van der Waals surface area contributed by atoms with Gasteiger partial charge in [-0.15, -0.1) is 0 Å². The van der Waals surface area contributed by atoms with E-state index in [1.54, 1.807) is 12.1 Å². The number of anilines is 1.